The van der Waals surface area contributed by atoms with Gasteiger partial charge in [-0.05, 0) is 37.2 Å². The average molecular weight is 307 g/mol. The lowest BCUT2D eigenvalue weighted by Gasteiger charge is -2.21. The van der Waals surface area contributed by atoms with Crippen LogP contribution in [0.5, 0.6) is 5.75 Å². The summed E-state index contributed by atoms with van der Waals surface area (Å²) in [6.45, 7) is 5.01. The van der Waals surface area contributed by atoms with E-state index in [4.69, 9.17) is 4.74 Å². The molecule has 1 unspecified atom stereocenters. The summed E-state index contributed by atoms with van der Waals surface area (Å²) in [4.78, 5) is 24.4. The number of carbonyl (C=O) groups excluding carboxylic acids is 2. The maximum Gasteiger partial charge on any atom is 0.251 e. The molecule has 0 saturated heterocycles. The molecule has 3 N–H and O–H groups in total. The minimum absolute atomic E-state index is 0.00298. The van der Waals surface area contributed by atoms with Crippen LogP contribution in [0, 0.1) is 5.92 Å². The van der Waals surface area contributed by atoms with Crippen molar-refractivity contribution in [1.29, 1.82) is 0 Å². The molecule has 22 heavy (non-hydrogen) atoms. The molecule has 0 fully saturated rings. The van der Waals surface area contributed by atoms with Crippen LogP contribution in [0.2, 0.25) is 0 Å². The number of ether oxygens (including phenoxy) is 1. The molecule has 0 heterocycles. The molecule has 6 nitrogen and oxygen atoms in total. The van der Waals surface area contributed by atoms with Crippen molar-refractivity contribution < 1.29 is 14.3 Å². The summed E-state index contributed by atoms with van der Waals surface area (Å²) >= 11 is 0. The van der Waals surface area contributed by atoms with E-state index in [-0.39, 0.29) is 17.7 Å². The molecular formula is C16H25N3O3. The number of methoxy groups -OCH3 is 1. The van der Waals surface area contributed by atoms with Crippen molar-refractivity contribution in [1.82, 2.24) is 16.0 Å². The SMILES string of the molecule is CNCCNC(=O)C(NC(=O)c1ccc(OC)cc1)C(C)C. The molecular weight excluding hydrogens is 282 g/mol. The molecule has 0 aromatic heterocycles. The van der Waals surface area contributed by atoms with E-state index in [1.54, 1.807) is 31.4 Å². The monoisotopic (exact) mass is 307 g/mol. The van der Waals surface area contributed by atoms with Gasteiger partial charge >= 0.3 is 0 Å². The molecule has 122 valence electrons. The first kappa shape index (κ1) is 18.0. The van der Waals surface area contributed by atoms with Crippen LogP contribution in [0.1, 0.15) is 24.2 Å². The van der Waals surface area contributed by atoms with Gasteiger partial charge in [-0.15, -0.1) is 0 Å². The predicted octanol–water partition coefficient (Wildman–Crippen LogP) is 0.785. The normalized spacial score (nSPS) is 11.9. The smallest absolute Gasteiger partial charge is 0.251 e. The van der Waals surface area contributed by atoms with Crippen LogP contribution in [-0.2, 0) is 4.79 Å². The zero-order valence-corrected chi connectivity index (χ0v) is 13.6. The zero-order valence-electron chi connectivity index (χ0n) is 13.6. The Hall–Kier alpha value is -2.08. The summed E-state index contributed by atoms with van der Waals surface area (Å²) in [5, 5.41) is 8.54. The van der Waals surface area contributed by atoms with Crippen molar-refractivity contribution in [2.75, 3.05) is 27.2 Å². The topological polar surface area (TPSA) is 79.5 Å². The second-order valence-corrected chi connectivity index (χ2v) is 5.32. The second-order valence-electron chi connectivity index (χ2n) is 5.32. The summed E-state index contributed by atoms with van der Waals surface area (Å²) in [5.74, 6) is 0.232. The van der Waals surface area contributed by atoms with E-state index in [1.165, 1.54) is 0 Å². The zero-order chi connectivity index (χ0) is 16.5. The number of nitrogens with one attached hydrogen (secondary N) is 3. The summed E-state index contributed by atoms with van der Waals surface area (Å²) in [7, 11) is 3.39. The van der Waals surface area contributed by atoms with Gasteiger partial charge in [0.1, 0.15) is 11.8 Å². The summed E-state index contributed by atoms with van der Waals surface area (Å²) in [6.07, 6.45) is 0. The Morgan fingerprint density at radius 1 is 1.14 bits per heavy atom. The molecule has 1 atom stereocenters. The minimum atomic E-state index is -0.563. The minimum Gasteiger partial charge on any atom is -0.497 e. The number of hydrogen-bond donors (Lipinski definition) is 3. The fourth-order valence-electron chi connectivity index (χ4n) is 1.92. The number of likely N-dealkylation sites (N-methyl/N-ethyl adjacent to an activating group) is 1. The third kappa shape index (κ3) is 5.37. The van der Waals surface area contributed by atoms with E-state index < -0.39 is 6.04 Å². The van der Waals surface area contributed by atoms with Crippen LogP contribution in [0.3, 0.4) is 0 Å². The quantitative estimate of drug-likeness (QED) is 0.620. The maximum atomic E-state index is 12.2. The van der Waals surface area contributed by atoms with Crippen LogP contribution in [0.25, 0.3) is 0 Å². The van der Waals surface area contributed by atoms with Crippen LogP contribution >= 0.6 is 0 Å². The van der Waals surface area contributed by atoms with Crippen molar-refractivity contribution in [2.24, 2.45) is 5.92 Å². The Morgan fingerprint density at radius 2 is 1.77 bits per heavy atom. The highest BCUT2D eigenvalue weighted by molar-refractivity contribution is 5.97. The Bertz CT molecular complexity index is 486. The highest BCUT2D eigenvalue weighted by atomic mass is 16.5. The number of benzene rings is 1. The standard InChI is InChI=1S/C16H25N3O3/c1-11(2)14(16(21)18-10-9-17-3)19-15(20)12-5-7-13(22-4)8-6-12/h5-8,11,14,17H,9-10H2,1-4H3,(H,18,21)(H,19,20). The Balaban J connectivity index is 2.68. The molecule has 1 aromatic carbocycles. The van der Waals surface area contributed by atoms with Gasteiger partial charge in [-0.3, -0.25) is 9.59 Å². The first-order valence-electron chi connectivity index (χ1n) is 7.36. The molecule has 1 rings (SSSR count). The van der Waals surface area contributed by atoms with Gasteiger partial charge in [0.15, 0.2) is 0 Å². The van der Waals surface area contributed by atoms with E-state index in [0.717, 1.165) is 0 Å². The third-order valence-corrected chi connectivity index (χ3v) is 3.26. The molecule has 0 radical (unpaired) electrons. The van der Waals surface area contributed by atoms with E-state index in [9.17, 15) is 9.59 Å². The van der Waals surface area contributed by atoms with E-state index in [0.29, 0.717) is 24.4 Å². The Kier molecular flexibility index (Phi) is 7.39. The lowest BCUT2D eigenvalue weighted by Crippen LogP contribution is -2.50. The molecule has 0 saturated carbocycles. The number of rotatable bonds is 8. The molecule has 2 amide bonds. The van der Waals surface area contributed by atoms with Crippen LogP contribution in [0.4, 0.5) is 0 Å². The summed E-state index contributed by atoms with van der Waals surface area (Å²) < 4.78 is 5.06. The predicted molar refractivity (Wildman–Crippen MR) is 86.0 cm³/mol. The first-order valence-corrected chi connectivity index (χ1v) is 7.36. The molecule has 1 aromatic rings. The highest BCUT2D eigenvalue weighted by Gasteiger charge is 2.24. The highest BCUT2D eigenvalue weighted by Crippen LogP contribution is 2.12. The summed E-state index contributed by atoms with van der Waals surface area (Å²) in [5.41, 5.74) is 0.495. The average Bonchev–Trinajstić information content (AvgIpc) is 2.52. The van der Waals surface area contributed by atoms with Crippen molar-refractivity contribution >= 4 is 11.8 Å². The fraction of sp³-hybridized carbons (Fsp3) is 0.500. The van der Waals surface area contributed by atoms with E-state index >= 15 is 0 Å². The number of amides is 2. The maximum absolute atomic E-state index is 12.2. The van der Waals surface area contributed by atoms with Gasteiger partial charge in [0, 0.05) is 18.7 Å². The molecule has 0 aliphatic carbocycles. The van der Waals surface area contributed by atoms with Crippen LogP contribution in [0.15, 0.2) is 24.3 Å². The Morgan fingerprint density at radius 3 is 2.27 bits per heavy atom. The van der Waals surface area contributed by atoms with E-state index in [1.807, 2.05) is 20.9 Å². The molecule has 0 aliphatic rings. The van der Waals surface area contributed by atoms with Gasteiger partial charge in [-0.1, -0.05) is 13.8 Å². The second kappa shape index (κ2) is 9.04. The molecule has 0 spiro atoms. The third-order valence-electron chi connectivity index (χ3n) is 3.26. The number of hydrogen-bond acceptors (Lipinski definition) is 4. The van der Waals surface area contributed by atoms with Gasteiger partial charge in [0.05, 0.1) is 7.11 Å². The van der Waals surface area contributed by atoms with Gasteiger partial charge in [0.25, 0.3) is 5.91 Å². The van der Waals surface area contributed by atoms with Crippen molar-refractivity contribution in [2.45, 2.75) is 19.9 Å². The lowest BCUT2D eigenvalue weighted by atomic mass is 10.0. The van der Waals surface area contributed by atoms with Crippen molar-refractivity contribution in [3.63, 3.8) is 0 Å². The van der Waals surface area contributed by atoms with Gasteiger partial charge in [0.2, 0.25) is 5.91 Å². The van der Waals surface area contributed by atoms with Crippen molar-refractivity contribution in [3.8, 4) is 5.75 Å². The van der Waals surface area contributed by atoms with Crippen LogP contribution < -0.4 is 20.7 Å². The van der Waals surface area contributed by atoms with Crippen LogP contribution in [-0.4, -0.2) is 45.1 Å². The molecule has 0 aliphatic heterocycles. The lowest BCUT2D eigenvalue weighted by molar-refractivity contribution is -0.123. The van der Waals surface area contributed by atoms with Crippen molar-refractivity contribution in [3.05, 3.63) is 29.8 Å². The van der Waals surface area contributed by atoms with E-state index in [2.05, 4.69) is 16.0 Å². The largest absolute Gasteiger partial charge is 0.497 e. The Labute approximate surface area is 131 Å². The molecule has 6 heteroatoms. The van der Waals surface area contributed by atoms with Gasteiger partial charge < -0.3 is 20.7 Å². The summed E-state index contributed by atoms with van der Waals surface area (Å²) in [6, 6.07) is 6.21. The molecule has 0 bridgehead atoms. The first-order chi connectivity index (χ1) is 10.5. The van der Waals surface area contributed by atoms with Gasteiger partial charge in [-0.2, -0.15) is 0 Å². The van der Waals surface area contributed by atoms with Gasteiger partial charge in [-0.25, -0.2) is 0 Å². The number of carbonyl (C=O) groups is 2. The fourth-order valence-corrected chi connectivity index (χ4v) is 1.92.